The van der Waals surface area contributed by atoms with Crippen LogP contribution in [0.2, 0.25) is 0 Å². The Labute approximate surface area is 137 Å². The van der Waals surface area contributed by atoms with E-state index in [1.807, 2.05) is 6.92 Å². The highest BCUT2D eigenvalue weighted by Gasteiger charge is 2.24. The first-order valence-corrected chi connectivity index (χ1v) is 8.21. The van der Waals surface area contributed by atoms with Gasteiger partial charge in [-0.15, -0.1) is 0 Å². The molecule has 22 heavy (non-hydrogen) atoms. The van der Waals surface area contributed by atoms with E-state index in [9.17, 15) is 4.79 Å². The molecule has 1 N–H and O–H groups in total. The molecule has 0 spiro atoms. The van der Waals surface area contributed by atoms with Crippen LogP contribution in [0.15, 0.2) is 33.8 Å². The van der Waals surface area contributed by atoms with Gasteiger partial charge in [0.05, 0.1) is 16.2 Å². The average Bonchev–Trinajstić information content (AvgIpc) is 2.53. The van der Waals surface area contributed by atoms with Gasteiger partial charge in [-0.2, -0.15) is 5.10 Å². The summed E-state index contributed by atoms with van der Waals surface area (Å²) in [5.74, 6) is 0.650. The molecule has 2 heterocycles. The summed E-state index contributed by atoms with van der Waals surface area (Å²) in [5.41, 5.74) is 0.862. The minimum Gasteiger partial charge on any atom is -0.351 e. The smallest absolute Gasteiger partial charge is 0.267 e. The summed E-state index contributed by atoms with van der Waals surface area (Å²) in [5, 5.41) is 7.72. The van der Waals surface area contributed by atoms with E-state index < -0.39 is 0 Å². The van der Waals surface area contributed by atoms with Crippen molar-refractivity contribution in [3.05, 3.63) is 45.0 Å². The lowest BCUT2D eigenvalue weighted by atomic mass is 9.91. The van der Waals surface area contributed by atoms with Crippen molar-refractivity contribution in [2.75, 3.05) is 5.32 Å². The number of aryl methyl sites for hydroxylation is 1. The van der Waals surface area contributed by atoms with E-state index in [4.69, 9.17) is 0 Å². The predicted molar refractivity (Wildman–Crippen MR) is 87.9 cm³/mol. The highest BCUT2D eigenvalue weighted by molar-refractivity contribution is 9.10. The molecule has 7 heteroatoms. The SMILES string of the molecule is Cc1ccc(=O)n(C2CCC(Nc3ncc(Br)cn3)CC2)n1. The maximum Gasteiger partial charge on any atom is 0.267 e. The molecule has 1 aliphatic carbocycles. The molecule has 0 bridgehead atoms. The van der Waals surface area contributed by atoms with Gasteiger partial charge in [-0.3, -0.25) is 4.79 Å². The number of anilines is 1. The maximum absolute atomic E-state index is 11.9. The maximum atomic E-state index is 11.9. The molecule has 116 valence electrons. The zero-order valence-corrected chi connectivity index (χ0v) is 14.0. The van der Waals surface area contributed by atoms with Crippen LogP contribution in [0.4, 0.5) is 5.95 Å². The van der Waals surface area contributed by atoms with Gasteiger partial charge >= 0.3 is 0 Å². The van der Waals surface area contributed by atoms with Crippen LogP contribution in [0.3, 0.4) is 0 Å². The van der Waals surface area contributed by atoms with Gasteiger partial charge in [0.25, 0.3) is 5.56 Å². The topological polar surface area (TPSA) is 72.7 Å². The Kier molecular flexibility index (Phi) is 4.52. The number of nitrogens with zero attached hydrogens (tertiary/aromatic N) is 4. The van der Waals surface area contributed by atoms with E-state index in [0.717, 1.165) is 35.8 Å². The Balaban J connectivity index is 1.61. The predicted octanol–water partition coefficient (Wildman–Crippen LogP) is 2.70. The number of hydrogen-bond acceptors (Lipinski definition) is 5. The van der Waals surface area contributed by atoms with Crippen LogP contribution in [-0.2, 0) is 0 Å². The third kappa shape index (κ3) is 3.52. The van der Waals surface area contributed by atoms with Crippen molar-refractivity contribution in [1.82, 2.24) is 19.7 Å². The molecule has 6 nitrogen and oxygen atoms in total. The molecule has 2 aromatic heterocycles. The van der Waals surface area contributed by atoms with Gasteiger partial charge in [0.1, 0.15) is 0 Å². The van der Waals surface area contributed by atoms with E-state index in [-0.39, 0.29) is 11.6 Å². The van der Waals surface area contributed by atoms with E-state index in [2.05, 4.69) is 36.3 Å². The largest absolute Gasteiger partial charge is 0.351 e. The number of hydrogen-bond donors (Lipinski definition) is 1. The summed E-state index contributed by atoms with van der Waals surface area (Å²) < 4.78 is 2.51. The molecule has 0 aliphatic heterocycles. The Morgan fingerprint density at radius 2 is 1.86 bits per heavy atom. The summed E-state index contributed by atoms with van der Waals surface area (Å²) in [7, 11) is 0. The molecule has 0 radical (unpaired) electrons. The normalized spacial score (nSPS) is 21.5. The Bertz CT molecular complexity index is 692. The van der Waals surface area contributed by atoms with Gasteiger partial charge in [-0.25, -0.2) is 14.6 Å². The van der Waals surface area contributed by atoms with Gasteiger partial charge in [0.2, 0.25) is 5.95 Å². The number of rotatable bonds is 3. The Morgan fingerprint density at radius 3 is 2.55 bits per heavy atom. The van der Waals surface area contributed by atoms with Crippen LogP contribution in [0.25, 0.3) is 0 Å². The van der Waals surface area contributed by atoms with Crippen molar-refractivity contribution in [2.24, 2.45) is 0 Å². The van der Waals surface area contributed by atoms with Crippen molar-refractivity contribution in [3.8, 4) is 0 Å². The molecule has 0 amide bonds. The lowest BCUT2D eigenvalue weighted by molar-refractivity contribution is 0.302. The van der Waals surface area contributed by atoms with Crippen LogP contribution in [0, 0.1) is 6.92 Å². The second kappa shape index (κ2) is 6.56. The fourth-order valence-electron chi connectivity index (χ4n) is 2.82. The van der Waals surface area contributed by atoms with Crippen molar-refractivity contribution in [2.45, 2.75) is 44.7 Å². The summed E-state index contributed by atoms with van der Waals surface area (Å²) >= 11 is 3.32. The lowest BCUT2D eigenvalue weighted by Crippen LogP contribution is -2.33. The van der Waals surface area contributed by atoms with E-state index >= 15 is 0 Å². The number of aromatic nitrogens is 4. The quantitative estimate of drug-likeness (QED) is 0.907. The third-order valence-electron chi connectivity index (χ3n) is 3.95. The van der Waals surface area contributed by atoms with Gasteiger partial charge in [-0.05, 0) is 54.6 Å². The highest BCUT2D eigenvalue weighted by Crippen LogP contribution is 2.28. The molecule has 0 aromatic carbocycles. The minimum absolute atomic E-state index is 0.0155. The minimum atomic E-state index is -0.0155. The van der Waals surface area contributed by atoms with Crippen LogP contribution in [0.5, 0.6) is 0 Å². The second-order valence-electron chi connectivity index (χ2n) is 5.63. The molecular formula is C15H18BrN5O. The van der Waals surface area contributed by atoms with Crippen molar-refractivity contribution >= 4 is 21.9 Å². The fraction of sp³-hybridized carbons (Fsp3) is 0.467. The van der Waals surface area contributed by atoms with E-state index in [0.29, 0.717) is 12.0 Å². The molecule has 0 unspecified atom stereocenters. The Hall–Kier alpha value is -1.76. The third-order valence-corrected chi connectivity index (χ3v) is 4.36. The molecule has 2 aromatic rings. The van der Waals surface area contributed by atoms with Crippen LogP contribution >= 0.6 is 15.9 Å². The first kappa shape index (κ1) is 15.1. The van der Waals surface area contributed by atoms with Crippen LogP contribution in [-0.4, -0.2) is 25.8 Å². The fourth-order valence-corrected chi connectivity index (χ4v) is 3.02. The van der Waals surface area contributed by atoms with E-state index in [1.54, 1.807) is 29.2 Å². The first-order valence-electron chi connectivity index (χ1n) is 7.42. The highest BCUT2D eigenvalue weighted by atomic mass is 79.9. The molecule has 3 rings (SSSR count). The summed E-state index contributed by atoms with van der Waals surface area (Å²) in [6, 6.07) is 3.90. The zero-order chi connectivity index (χ0) is 15.5. The van der Waals surface area contributed by atoms with Gasteiger partial charge < -0.3 is 5.32 Å². The number of halogens is 1. The van der Waals surface area contributed by atoms with Crippen LogP contribution < -0.4 is 10.9 Å². The first-order chi connectivity index (χ1) is 10.6. The van der Waals surface area contributed by atoms with Crippen molar-refractivity contribution < 1.29 is 0 Å². The standard InChI is InChI=1S/C15H18BrN5O/c1-10-2-7-14(22)21(20-10)13-5-3-12(4-6-13)19-15-17-8-11(16)9-18-15/h2,7-9,12-13H,3-6H2,1H3,(H,17,18,19). The van der Waals surface area contributed by atoms with Crippen molar-refractivity contribution in [3.63, 3.8) is 0 Å². The van der Waals surface area contributed by atoms with Crippen LogP contribution in [0.1, 0.15) is 37.4 Å². The molecule has 0 saturated heterocycles. The monoisotopic (exact) mass is 363 g/mol. The molecular weight excluding hydrogens is 346 g/mol. The molecule has 1 aliphatic rings. The summed E-state index contributed by atoms with van der Waals surface area (Å²) in [4.78, 5) is 20.4. The lowest BCUT2D eigenvalue weighted by Gasteiger charge is -2.29. The molecule has 0 atom stereocenters. The van der Waals surface area contributed by atoms with Gasteiger partial charge in [-0.1, -0.05) is 0 Å². The molecule has 1 saturated carbocycles. The summed E-state index contributed by atoms with van der Waals surface area (Å²) in [6.07, 6.45) is 7.29. The van der Waals surface area contributed by atoms with E-state index in [1.165, 1.54) is 0 Å². The zero-order valence-electron chi connectivity index (χ0n) is 12.4. The average molecular weight is 364 g/mol. The summed E-state index contributed by atoms with van der Waals surface area (Å²) in [6.45, 7) is 1.91. The van der Waals surface area contributed by atoms with Crippen molar-refractivity contribution in [1.29, 1.82) is 0 Å². The molecule has 1 fully saturated rings. The van der Waals surface area contributed by atoms with Gasteiger partial charge in [0.15, 0.2) is 0 Å². The Morgan fingerprint density at radius 1 is 1.18 bits per heavy atom. The second-order valence-corrected chi connectivity index (χ2v) is 6.55. The number of nitrogens with one attached hydrogen (secondary N) is 1. The van der Waals surface area contributed by atoms with Gasteiger partial charge in [0, 0.05) is 24.5 Å².